The molecule has 0 spiro atoms. The third kappa shape index (κ3) is 1.49. The predicted molar refractivity (Wildman–Crippen MR) is 120 cm³/mol. The lowest BCUT2D eigenvalue weighted by Crippen LogP contribution is -1.89. The molecule has 0 aliphatic heterocycles. The molecule has 0 unspecified atom stereocenters. The average Bonchev–Trinajstić information content (AvgIpc) is 3.29. The first-order valence-corrected chi connectivity index (χ1v) is 9.30. The van der Waals surface area contributed by atoms with E-state index in [0.29, 0.717) is 32.8 Å². The molecule has 0 bridgehead atoms. The van der Waals surface area contributed by atoms with Gasteiger partial charge in [-0.05, 0) is 42.1 Å². The predicted octanol–water partition coefficient (Wildman–Crippen LogP) is 6.79. The Bertz CT molecular complexity index is 2050. The number of aryl methyl sites for hydroxylation is 1. The van der Waals surface area contributed by atoms with Crippen LogP contribution in [-0.2, 0) is 7.05 Å². The summed E-state index contributed by atoms with van der Waals surface area (Å²) >= 11 is 0. The van der Waals surface area contributed by atoms with Crippen molar-refractivity contribution in [3.8, 4) is 0 Å². The largest absolute Gasteiger partial charge is 0.344 e. The van der Waals surface area contributed by atoms with Gasteiger partial charge in [-0.15, -0.1) is 0 Å². The molecule has 28 heavy (non-hydrogen) atoms. The second-order valence-corrected chi connectivity index (χ2v) is 7.46. The van der Waals surface area contributed by atoms with Crippen LogP contribution in [0.15, 0.2) is 72.7 Å². The Hall–Kier alpha value is -3.52. The minimum atomic E-state index is -0.213. The third-order valence-corrected chi connectivity index (χ3v) is 6.01. The molecule has 3 aromatic heterocycles. The Morgan fingerprint density at radius 3 is 2.29 bits per heavy atom. The number of fused-ring (bicyclic) bond motifs is 5. The van der Waals surface area contributed by atoms with Crippen LogP contribution in [0.4, 0.5) is 0 Å². The average molecular weight is 364 g/mol. The maximum atomic E-state index is 8.97. The normalized spacial score (nSPS) is 15.6. The summed E-state index contributed by atoms with van der Waals surface area (Å²) in [6.07, 6.45) is 0. The molecular formula is C26H18N2. The molecule has 3 heterocycles. The van der Waals surface area contributed by atoms with Gasteiger partial charge in [0.2, 0.25) is 0 Å². The van der Waals surface area contributed by atoms with E-state index >= 15 is 0 Å². The Kier molecular flexibility index (Phi) is 1.69. The van der Waals surface area contributed by atoms with Gasteiger partial charge in [0.25, 0.3) is 0 Å². The third-order valence-electron chi connectivity index (χ3n) is 6.01. The quantitative estimate of drug-likeness (QED) is 0.280. The topological polar surface area (TPSA) is 9.34 Å². The van der Waals surface area contributed by atoms with E-state index in [4.69, 9.17) is 8.22 Å². The fraction of sp³-hybridized carbons (Fsp3) is 0.0769. The van der Waals surface area contributed by atoms with Crippen LogP contribution in [0.25, 0.3) is 59.9 Å². The molecule has 7 aromatic rings. The Morgan fingerprint density at radius 1 is 0.714 bits per heavy atom. The van der Waals surface area contributed by atoms with Crippen LogP contribution in [-0.4, -0.2) is 8.97 Å². The van der Waals surface area contributed by atoms with Crippen LogP contribution in [0, 0.1) is 6.92 Å². The van der Waals surface area contributed by atoms with E-state index in [9.17, 15) is 0 Å². The highest BCUT2D eigenvalue weighted by Crippen LogP contribution is 2.42. The van der Waals surface area contributed by atoms with Gasteiger partial charge < -0.3 is 8.97 Å². The van der Waals surface area contributed by atoms with Crippen LogP contribution >= 0.6 is 0 Å². The Morgan fingerprint density at radius 2 is 1.43 bits per heavy atom. The number of hydrogen-bond acceptors (Lipinski definition) is 0. The smallest absolute Gasteiger partial charge is 0.0648 e. The van der Waals surface area contributed by atoms with E-state index in [1.165, 1.54) is 0 Å². The van der Waals surface area contributed by atoms with Gasteiger partial charge in [0, 0.05) is 39.5 Å². The van der Waals surface area contributed by atoms with Crippen molar-refractivity contribution in [3.05, 3.63) is 78.2 Å². The first-order valence-electron chi connectivity index (χ1n) is 12.3. The van der Waals surface area contributed by atoms with Crippen molar-refractivity contribution in [1.82, 2.24) is 8.97 Å². The maximum Gasteiger partial charge on any atom is 0.0648 e. The van der Waals surface area contributed by atoms with Crippen molar-refractivity contribution >= 4 is 59.9 Å². The molecule has 132 valence electrons. The highest BCUT2D eigenvalue weighted by Gasteiger charge is 2.19. The molecule has 0 amide bonds. The van der Waals surface area contributed by atoms with Crippen LogP contribution in [0.5, 0.6) is 0 Å². The van der Waals surface area contributed by atoms with Crippen LogP contribution in [0.1, 0.15) is 13.8 Å². The van der Waals surface area contributed by atoms with E-state index in [-0.39, 0.29) is 36.3 Å². The van der Waals surface area contributed by atoms with E-state index in [2.05, 4.69) is 4.57 Å². The van der Waals surface area contributed by atoms with Gasteiger partial charge in [0.1, 0.15) is 0 Å². The molecule has 7 rings (SSSR count). The van der Waals surface area contributed by atoms with Crippen molar-refractivity contribution < 1.29 is 8.22 Å². The van der Waals surface area contributed by atoms with Crippen LogP contribution < -0.4 is 0 Å². The molecule has 0 aliphatic rings. The lowest BCUT2D eigenvalue weighted by atomic mass is 10.0. The number of hydrogen-bond donors (Lipinski definition) is 0. The molecule has 0 saturated heterocycles. The summed E-state index contributed by atoms with van der Waals surface area (Å²) in [5, 5.41) is 3.99. The van der Waals surface area contributed by atoms with Gasteiger partial charge in [-0.2, -0.15) is 0 Å². The molecule has 2 heteroatoms. The Balaban J connectivity index is 2.08. The number of rotatable bonds is 0. The SMILES string of the molecule is [2H]c1c(C)c([2H])c2c(c1[2H])c1c([2H])c([2H])c([2H])c3c4cccc5c4c4c(cccc4n2c31)n5C. The zero-order valence-corrected chi connectivity index (χ0v) is 15.4. The fourth-order valence-electron chi connectivity index (χ4n) is 4.86. The monoisotopic (exact) mass is 364 g/mol. The molecule has 0 radical (unpaired) electrons. The van der Waals surface area contributed by atoms with E-state index in [1.807, 2.05) is 47.8 Å². The first-order chi connectivity index (χ1) is 16.3. The molecule has 0 atom stereocenters. The van der Waals surface area contributed by atoms with E-state index < -0.39 is 0 Å². The lowest BCUT2D eigenvalue weighted by molar-refractivity contribution is 1.01. The summed E-state index contributed by atoms with van der Waals surface area (Å²) in [6.45, 7) is 1.67. The zero-order valence-electron chi connectivity index (χ0n) is 21.4. The number of para-hydroxylation sites is 1. The minimum Gasteiger partial charge on any atom is -0.344 e. The van der Waals surface area contributed by atoms with Gasteiger partial charge in [-0.25, -0.2) is 0 Å². The second kappa shape index (κ2) is 4.66. The second-order valence-electron chi connectivity index (χ2n) is 7.46. The number of nitrogens with zero attached hydrogens (tertiary/aromatic N) is 2. The van der Waals surface area contributed by atoms with Gasteiger partial charge >= 0.3 is 0 Å². The number of benzene rings is 4. The van der Waals surface area contributed by atoms with Gasteiger partial charge in [0.05, 0.1) is 30.3 Å². The molecule has 4 aromatic carbocycles. The van der Waals surface area contributed by atoms with Crippen molar-refractivity contribution in [2.45, 2.75) is 6.92 Å². The highest BCUT2D eigenvalue weighted by molar-refractivity contribution is 6.30. The molecule has 2 nitrogen and oxygen atoms in total. The Labute approximate surface area is 170 Å². The summed E-state index contributed by atoms with van der Waals surface area (Å²) in [6, 6.07) is 11.5. The van der Waals surface area contributed by atoms with Crippen LogP contribution in [0.3, 0.4) is 0 Å². The maximum absolute atomic E-state index is 8.97. The van der Waals surface area contributed by atoms with Crippen molar-refractivity contribution in [1.29, 1.82) is 0 Å². The lowest BCUT2D eigenvalue weighted by Gasteiger charge is -2.03. The standard InChI is InChI=1S/C26H18N2/c1-15-12-13-16-18-7-3-8-19-17-6-4-9-20-24(17)25-21(27(20)2)10-5-11-22(25)28(26(18)19)23(16)14-15/h3-14H,1-2H3/i3D,7D,8D,12D,13D,14D. The van der Waals surface area contributed by atoms with Gasteiger partial charge in [-0.1, -0.05) is 48.4 Å². The molecule has 0 saturated carbocycles. The highest BCUT2D eigenvalue weighted by atomic mass is 15.0. The minimum absolute atomic E-state index is 0.0419. The molecule has 0 N–H and O–H groups in total. The molecule has 0 fully saturated rings. The van der Waals surface area contributed by atoms with Crippen molar-refractivity contribution in [2.75, 3.05) is 0 Å². The summed E-state index contributed by atoms with van der Waals surface area (Å²) < 4.78 is 56.6. The van der Waals surface area contributed by atoms with Crippen molar-refractivity contribution in [3.63, 3.8) is 0 Å². The summed E-state index contributed by atoms with van der Waals surface area (Å²) in [7, 11) is 2.00. The fourth-order valence-corrected chi connectivity index (χ4v) is 4.86. The zero-order chi connectivity index (χ0) is 23.8. The van der Waals surface area contributed by atoms with E-state index in [0.717, 1.165) is 32.7 Å². The first kappa shape index (κ1) is 10.1. The summed E-state index contributed by atoms with van der Waals surface area (Å²) in [5.41, 5.74) is 4.22. The molecular weight excluding hydrogens is 340 g/mol. The van der Waals surface area contributed by atoms with Gasteiger partial charge in [-0.3, -0.25) is 0 Å². The van der Waals surface area contributed by atoms with Gasteiger partial charge in [0.15, 0.2) is 0 Å². The van der Waals surface area contributed by atoms with E-state index in [1.54, 1.807) is 6.92 Å². The summed E-state index contributed by atoms with van der Waals surface area (Å²) in [5.74, 6) is 0. The molecule has 0 aliphatic carbocycles. The van der Waals surface area contributed by atoms with Crippen LogP contribution in [0.2, 0.25) is 0 Å². The summed E-state index contributed by atoms with van der Waals surface area (Å²) in [4.78, 5) is 0. The van der Waals surface area contributed by atoms with Crippen molar-refractivity contribution in [2.24, 2.45) is 7.05 Å². The number of aromatic nitrogens is 2.